The molecule has 3 heterocycles. The van der Waals surface area contributed by atoms with E-state index in [1.165, 1.54) is 0 Å². The average molecular weight is 352 g/mol. The number of piperidine rings is 1. The van der Waals surface area contributed by atoms with Gasteiger partial charge in [-0.15, -0.1) is 0 Å². The summed E-state index contributed by atoms with van der Waals surface area (Å²) in [5, 5.41) is 9.72. The van der Waals surface area contributed by atoms with Gasteiger partial charge in [-0.2, -0.15) is 5.26 Å². The molecule has 1 N–H and O–H groups in total. The van der Waals surface area contributed by atoms with Crippen LogP contribution in [0.1, 0.15) is 26.7 Å². The van der Waals surface area contributed by atoms with Crippen molar-refractivity contribution >= 4 is 22.8 Å². The average Bonchev–Trinajstić information content (AvgIpc) is 3.02. The van der Waals surface area contributed by atoms with Gasteiger partial charge in [-0.1, -0.05) is 13.8 Å². The number of nitriles is 1. The molecule has 2 aromatic rings. The Balaban J connectivity index is 1.46. The first kappa shape index (κ1) is 16.8. The highest BCUT2D eigenvalue weighted by Crippen LogP contribution is 2.72. The summed E-state index contributed by atoms with van der Waals surface area (Å²) >= 11 is 0. The lowest BCUT2D eigenvalue weighted by atomic mass is 10.0. The summed E-state index contributed by atoms with van der Waals surface area (Å²) < 4.78 is 0. The van der Waals surface area contributed by atoms with Crippen molar-refractivity contribution in [2.45, 2.75) is 26.7 Å². The normalized spacial score (nSPS) is 29.5. The molecule has 4 rings (SSSR count). The molecule has 26 heavy (non-hydrogen) atoms. The fraction of sp³-hybridized carbons (Fsp3) is 0.579. The van der Waals surface area contributed by atoms with Crippen molar-refractivity contribution in [2.24, 2.45) is 16.7 Å². The van der Waals surface area contributed by atoms with Crippen LogP contribution in [-0.4, -0.2) is 52.4 Å². The monoisotopic (exact) mass is 352 g/mol. The Morgan fingerprint density at radius 3 is 2.85 bits per heavy atom. The highest BCUT2D eigenvalue weighted by molar-refractivity contribution is 5.87. The number of aromatic amines is 1. The van der Waals surface area contributed by atoms with E-state index >= 15 is 0 Å². The fourth-order valence-corrected chi connectivity index (χ4v) is 4.93. The summed E-state index contributed by atoms with van der Waals surface area (Å²) in [5.74, 6) is 1.57. The first-order chi connectivity index (χ1) is 12.4. The van der Waals surface area contributed by atoms with Crippen LogP contribution >= 0.6 is 0 Å². The van der Waals surface area contributed by atoms with Crippen molar-refractivity contribution < 1.29 is 4.79 Å². The smallest absolute Gasteiger partial charge is 0.223 e. The third kappa shape index (κ3) is 2.28. The van der Waals surface area contributed by atoms with Gasteiger partial charge in [0.25, 0.3) is 0 Å². The molecule has 1 aliphatic carbocycles. The van der Waals surface area contributed by atoms with Gasteiger partial charge >= 0.3 is 0 Å². The van der Waals surface area contributed by atoms with Crippen molar-refractivity contribution in [3.63, 3.8) is 0 Å². The number of likely N-dealkylation sites (tertiary alicyclic amines) is 1. The molecule has 0 bridgehead atoms. The topological polar surface area (TPSA) is 88.9 Å². The maximum absolute atomic E-state index is 12.3. The third-order valence-electron chi connectivity index (χ3n) is 6.75. The van der Waals surface area contributed by atoms with Crippen LogP contribution in [0.4, 0.5) is 5.82 Å². The summed E-state index contributed by atoms with van der Waals surface area (Å²) in [6.45, 7) is 7.06. The number of H-pyrrole nitrogens is 1. The molecule has 1 amide bonds. The van der Waals surface area contributed by atoms with Crippen LogP contribution in [0.15, 0.2) is 18.6 Å². The summed E-state index contributed by atoms with van der Waals surface area (Å²) in [7, 11) is 2.07. The molecule has 0 spiro atoms. The first-order valence-corrected chi connectivity index (χ1v) is 9.04. The van der Waals surface area contributed by atoms with Crippen LogP contribution in [0, 0.1) is 28.1 Å². The Labute approximate surface area is 153 Å². The molecule has 0 aromatic carbocycles. The summed E-state index contributed by atoms with van der Waals surface area (Å²) in [6, 6.07) is 4.07. The van der Waals surface area contributed by atoms with E-state index in [1.54, 1.807) is 6.33 Å². The van der Waals surface area contributed by atoms with Crippen LogP contribution in [-0.2, 0) is 4.79 Å². The molecule has 1 aliphatic heterocycles. The number of hydrogen-bond acceptors (Lipinski definition) is 5. The van der Waals surface area contributed by atoms with Crippen LogP contribution in [0.2, 0.25) is 0 Å². The number of fused-ring (bicyclic) bond motifs is 2. The molecule has 1 saturated carbocycles. The second-order valence-electron chi connectivity index (χ2n) is 8.11. The maximum Gasteiger partial charge on any atom is 0.223 e. The highest BCUT2D eigenvalue weighted by Gasteiger charge is 2.75. The van der Waals surface area contributed by atoms with E-state index in [-0.39, 0.29) is 16.7 Å². The van der Waals surface area contributed by atoms with E-state index in [2.05, 4.69) is 46.8 Å². The lowest BCUT2D eigenvalue weighted by molar-refractivity contribution is -0.131. The van der Waals surface area contributed by atoms with E-state index in [9.17, 15) is 4.79 Å². The number of hydrogen-bond donors (Lipinski definition) is 1. The van der Waals surface area contributed by atoms with Gasteiger partial charge in [0.05, 0.1) is 11.5 Å². The van der Waals surface area contributed by atoms with Gasteiger partial charge in [0.1, 0.15) is 17.8 Å². The Hall–Kier alpha value is -2.62. The lowest BCUT2D eigenvalue weighted by Gasteiger charge is -2.26. The molecule has 1 unspecified atom stereocenters. The quantitative estimate of drug-likeness (QED) is 0.891. The molecule has 2 aliphatic rings. The SMILES string of the molecule is CN(CC1[C@]2(C)CN(C(=O)CCC#N)C[C@]12C)c1ncnc2[nH]ccc12. The minimum atomic E-state index is 0.109. The number of aromatic nitrogens is 3. The van der Waals surface area contributed by atoms with Crippen LogP contribution < -0.4 is 4.90 Å². The van der Waals surface area contributed by atoms with Gasteiger partial charge in [0.2, 0.25) is 5.91 Å². The first-order valence-electron chi connectivity index (χ1n) is 9.04. The summed E-state index contributed by atoms with van der Waals surface area (Å²) in [5.41, 5.74) is 1.12. The Kier molecular flexibility index (Phi) is 3.69. The zero-order chi connectivity index (χ0) is 18.5. The van der Waals surface area contributed by atoms with Gasteiger partial charge in [-0.3, -0.25) is 4.79 Å². The minimum absolute atomic E-state index is 0.109. The Morgan fingerprint density at radius 2 is 2.15 bits per heavy atom. The number of nitrogens with one attached hydrogen (secondary N) is 1. The molecular weight excluding hydrogens is 328 g/mol. The van der Waals surface area contributed by atoms with Gasteiger partial charge in [0.15, 0.2) is 0 Å². The molecular formula is C19H24N6O. The largest absolute Gasteiger partial charge is 0.359 e. The zero-order valence-corrected chi connectivity index (χ0v) is 15.5. The number of carbonyl (C=O) groups is 1. The number of nitrogens with zero attached hydrogens (tertiary/aromatic N) is 5. The molecule has 0 radical (unpaired) electrons. The molecule has 136 valence electrons. The lowest BCUT2D eigenvalue weighted by Crippen LogP contribution is -2.36. The van der Waals surface area contributed by atoms with Crippen LogP contribution in [0.3, 0.4) is 0 Å². The number of anilines is 1. The third-order valence-corrected chi connectivity index (χ3v) is 6.75. The van der Waals surface area contributed by atoms with E-state index in [1.807, 2.05) is 17.2 Å². The second-order valence-corrected chi connectivity index (χ2v) is 8.11. The maximum atomic E-state index is 12.3. The van der Waals surface area contributed by atoms with E-state index in [0.29, 0.717) is 18.8 Å². The predicted octanol–water partition coefficient (Wildman–Crippen LogP) is 2.18. The predicted molar refractivity (Wildman–Crippen MR) is 98.3 cm³/mol. The molecule has 2 aromatic heterocycles. The number of amides is 1. The highest BCUT2D eigenvalue weighted by atomic mass is 16.2. The fourth-order valence-electron chi connectivity index (χ4n) is 4.93. The molecule has 2 fully saturated rings. The zero-order valence-electron chi connectivity index (χ0n) is 15.5. The minimum Gasteiger partial charge on any atom is -0.359 e. The van der Waals surface area contributed by atoms with E-state index < -0.39 is 0 Å². The Bertz CT molecular complexity index is 883. The van der Waals surface area contributed by atoms with Gasteiger partial charge in [-0.25, -0.2) is 9.97 Å². The van der Waals surface area contributed by atoms with Gasteiger partial charge in [0, 0.05) is 45.7 Å². The van der Waals surface area contributed by atoms with Crippen molar-refractivity contribution in [3.8, 4) is 6.07 Å². The summed E-state index contributed by atoms with van der Waals surface area (Å²) in [6.07, 6.45) is 4.11. The number of rotatable bonds is 5. The van der Waals surface area contributed by atoms with Crippen LogP contribution in [0.5, 0.6) is 0 Å². The molecule has 7 nitrogen and oxygen atoms in total. The molecule has 7 heteroatoms. The second kappa shape index (κ2) is 5.70. The van der Waals surface area contributed by atoms with Crippen LogP contribution in [0.25, 0.3) is 11.0 Å². The van der Waals surface area contributed by atoms with Gasteiger partial charge < -0.3 is 14.8 Å². The van der Waals surface area contributed by atoms with E-state index in [4.69, 9.17) is 5.26 Å². The summed E-state index contributed by atoms with van der Waals surface area (Å²) in [4.78, 5) is 28.3. The molecule has 3 atom stereocenters. The van der Waals surface area contributed by atoms with Crippen molar-refractivity contribution in [1.29, 1.82) is 5.26 Å². The standard InChI is InChI=1S/C19H24N6O/c1-18-10-25(15(26)5-4-7-20)11-19(18,2)14(18)9-24(3)17-13-6-8-21-16(13)22-12-23-17/h6,8,12,14H,4-5,9-11H2,1-3H3,(H,21,22,23)/t14?,18-,19+. The van der Waals surface area contributed by atoms with Crippen molar-refractivity contribution in [3.05, 3.63) is 18.6 Å². The Morgan fingerprint density at radius 1 is 1.42 bits per heavy atom. The molecule has 1 saturated heterocycles. The number of carbonyl (C=O) groups excluding carboxylic acids is 1. The van der Waals surface area contributed by atoms with Crippen molar-refractivity contribution in [2.75, 3.05) is 31.6 Å². The van der Waals surface area contributed by atoms with Gasteiger partial charge in [-0.05, 0) is 22.8 Å². The van der Waals surface area contributed by atoms with E-state index in [0.717, 1.165) is 36.5 Å². The van der Waals surface area contributed by atoms with Crippen molar-refractivity contribution in [1.82, 2.24) is 19.9 Å².